The molecular formula is C13H25N. The van der Waals surface area contributed by atoms with E-state index in [0.717, 1.165) is 5.92 Å². The van der Waals surface area contributed by atoms with Crippen molar-refractivity contribution in [3.05, 3.63) is 0 Å². The molecule has 0 aromatic rings. The first-order valence-corrected chi connectivity index (χ1v) is 6.27. The molecule has 1 nitrogen and oxygen atoms in total. The number of hydrogen-bond donors (Lipinski definition) is 0. The van der Waals surface area contributed by atoms with Crippen molar-refractivity contribution in [3.8, 4) is 0 Å². The number of nitrogens with zero attached hydrogens (tertiary/aromatic N) is 1. The minimum Gasteiger partial charge on any atom is -0.303 e. The topological polar surface area (TPSA) is 3.24 Å². The summed E-state index contributed by atoms with van der Waals surface area (Å²) in [4.78, 5) is 2.69. The standard InChI is InChI=1S/C13H25N/c1-5-13(11(2)12(13,3)4)10-14-8-6-7-9-14/h11H,5-10H2,1-4H3. The largest absolute Gasteiger partial charge is 0.303 e. The van der Waals surface area contributed by atoms with Gasteiger partial charge in [-0.05, 0) is 49.1 Å². The first-order chi connectivity index (χ1) is 6.54. The highest BCUT2D eigenvalue weighted by Gasteiger charge is 2.66. The fourth-order valence-corrected chi connectivity index (χ4v) is 3.78. The van der Waals surface area contributed by atoms with Crippen molar-refractivity contribution in [1.29, 1.82) is 0 Å². The molecule has 0 aromatic carbocycles. The van der Waals surface area contributed by atoms with E-state index in [1.807, 2.05) is 0 Å². The van der Waals surface area contributed by atoms with Crippen LogP contribution in [0.4, 0.5) is 0 Å². The summed E-state index contributed by atoms with van der Waals surface area (Å²) in [5.74, 6) is 0.917. The van der Waals surface area contributed by atoms with Crippen molar-refractivity contribution in [3.63, 3.8) is 0 Å². The summed E-state index contributed by atoms with van der Waals surface area (Å²) < 4.78 is 0. The summed E-state index contributed by atoms with van der Waals surface area (Å²) in [6.45, 7) is 13.8. The van der Waals surface area contributed by atoms with E-state index >= 15 is 0 Å². The monoisotopic (exact) mass is 195 g/mol. The van der Waals surface area contributed by atoms with Gasteiger partial charge < -0.3 is 4.90 Å². The predicted octanol–water partition coefficient (Wildman–Crippen LogP) is 3.15. The fourth-order valence-electron chi connectivity index (χ4n) is 3.78. The highest BCUT2D eigenvalue weighted by Crippen LogP contribution is 2.70. The second kappa shape index (κ2) is 3.23. The summed E-state index contributed by atoms with van der Waals surface area (Å²) in [7, 11) is 0. The van der Waals surface area contributed by atoms with Gasteiger partial charge in [-0.1, -0.05) is 27.7 Å². The molecule has 0 amide bonds. The second-order valence-electron chi connectivity index (χ2n) is 5.94. The van der Waals surface area contributed by atoms with Crippen LogP contribution in [-0.4, -0.2) is 24.5 Å². The number of rotatable bonds is 3. The third-order valence-electron chi connectivity index (χ3n) is 5.45. The number of likely N-dealkylation sites (tertiary alicyclic amines) is 1. The van der Waals surface area contributed by atoms with Gasteiger partial charge in [-0.25, -0.2) is 0 Å². The van der Waals surface area contributed by atoms with Crippen LogP contribution in [0.3, 0.4) is 0 Å². The van der Waals surface area contributed by atoms with Crippen LogP contribution in [0, 0.1) is 16.7 Å². The van der Waals surface area contributed by atoms with Crippen molar-refractivity contribution in [2.24, 2.45) is 16.7 Å². The van der Waals surface area contributed by atoms with E-state index in [1.54, 1.807) is 0 Å². The van der Waals surface area contributed by atoms with Gasteiger partial charge >= 0.3 is 0 Å². The van der Waals surface area contributed by atoms with Gasteiger partial charge in [0.05, 0.1) is 0 Å². The summed E-state index contributed by atoms with van der Waals surface area (Å²) in [6.07, 6.45) is 4.21. The van der Waals surface area contributed by atoms with E-state index in [9.17, 15) is 0 Å². The maximum atomic E-state index is 2.69. The Morgan fingerprint density at radius 3 is 2.07 bits per heavy atom. The molecule has 1 aliphatic carbocycles. The van der Waals surface area contributed by atoms with E-state index < -0.39 is 0 Å². The van der Waals surface area contributed by atoms with Gasteiger partial charge in [-0.15, -0.1) is 0 Å². The zero-order chi connectivity index (χ0) is 10.4. The van der Waals surface area contributed by atoms with Crippen LogP contribution in [0.2, 0.25) is 0 Å². The molecule has 1 saturated carbocycles. The highest BCUT2D eigenvalue weighted by atomic mass is 15.2. The molecule has 0 radical (unpaired) electrons. The Hall–Kier alpha value is -0.0400. The van der Waals surface area contributed by atoms with Gasteiger partial charge in [0, 0.05) is 6.54 Å². The molecule has 2 fully saturated rings. The zero-order valence-corrected chi connectivity index (χ0v) is 10.3. The van der Waals surface area contributed by atoms with Crippen molar-refractivity contribution >= 4 is 0 Å². The van der Waals surface area contributed by atoms with Crippen molar-refractivity contribution in [1.82, 2.24) is 4.90 Å². The second-order valence-corrected chi connectivity index (χ2v) is 5.94. The molecule has 1 heterocycles. The molecule has 0 spiro atoms. The maximum Gasteiger partial charge on any atom is 0.00459 e. The molecule has 2 rings (SSSR count). The van der Waals surface area contributed by atoms with Gasteiger partial charge in [0.2, 0.25) is 0 Å². The molecule has 82 valence electrons. The molecule has 14 heavy (non-hydrogen) atoms. The Balaban J connectivity index is 2.01. The van der Waals surface area contributed by atoms with E-state index in [1.165, 1.54) is 38.9 Å². The lowest BCUT2D eigenvalue weighted by Crippen LogP contribution is -2.30. The summed E-state index contributed by atoms with van der Waals surface area (Å²) >= 11 is 0. The van der Waals surface area contributed by atoms with Crippen LogP contribution in [0.5, 0.6) is 0 Å². The van der Waals surface area contributed by atoms with Crippen LogP contribution in [0.25, 0.3) is 0 Å². The molecular weight excluding hydrogens is 170 g/mol. The predicted molar refractivity (Wildman–Crippen MR) is 61.3 cm³/mol. The third kappa shape index (κ3) is 1.25. The first kappa shape index (κ1) is 10.5. The maximum absolute atomic E-state index is 2.69. The first-order valence-electron chi connectivity index (χ1n) is 6.27. The van der Waals surface area contributed by atoms with E-state index in [-0.39, 0.29) is 0 Å². The van der Waals surface area contributed by atoms with Crippen LogP contribution >= 0.6 is 0 Å². The lowest BCUT2D eigenvalue weighted by Gasteiger charge is -2.25. The van der Waals surface area contributed by atoms with Crippen LogP contribution < -0.4 is 0 Å². The van der Waals surface area contributed by atoms with Gasteiger partial charge in [0.15, 0.2) is 0 Å². The Labute approximate surface area is 88.9 Å². The Morgan fingerprint density at radius 1 is 1.21 bits per heavy atom. The van der Waals surface area contributed by atoms with E-state index in [2.05, 4.69) is 32.6 Å². The fraction of sp³-hybridized carbons (Fsp3) is 1.00. The lowest BCUT2D eigenvalue weighted by molar-refractivity contribution is 0.219. The van der Waals surface area contributed by atoms with E-state index in [4.69, 9.17) is 0 Å². The van der Waals surface area contributed by atoms with Gasteiger partial charge in [0.1, 0.15) is 0 Å². The number of hydrogen-bond acceptors (Lipinski definition) is 1. The molecule has 1 heteroatoms. The molecule has 1 saturated heterocycles. The molecule has 0 bridgehead atoms. The average Bonchev–Trinajstić information content (AvgIpc) is 2.62. The lowest BCUT2D eigenvalue weighted by atomic mass is 9.92. The van der Waals surface area contributed by atoms with Crippen molar-refractivity contribution in [2.45, 2.75) is 47.0 Å². The van der Waals surface area contributed by atoms with Crippen LogP contribution in [0.15, 0.2) is 0 Å². The minimum atomic E-state index is 0.588. The zero-order valence-electron chi connectivity index (χ0n) is 10.3. The Morgan fingerprint density at radius 2 is 1.71 bits per heavy atom. The Bertz CT molecular complexity index is 215. The molecule has 0 aromatic heterocycles. The average molecular weight is 195 g/mol. The van der Waals surface area contributed by atoms with Crippen LogP contribution in [0.1, 0.15) is 47.0 Å². The normalized spacial score (nSPS) is 41.6. The van der Waals surface area contributed by atoms with Crippen LogP contribution in [-0.2, 0) is 0 Å². The van der Waals surface area contributed by atoms with E-state index in [0.29, 0.717) is 10.8 Å². The molecule has 1 aliphatic heterocycles. The molecule has 0 N–H and O–H groups in total. The summed E-state index contributed by atoms with van der Waals surface area (Å²) in [6, 6.07) is 0. The Kier molecular flexibility index (Phi) is 2.42. The quantitative estimate of drug-likeness (QED) is 0.668. The van der Waals surface area contributed by atoms with Crippen molar-refractivity contribution < 1.29 is 0 Å². The third-order valence-corrected chi connectivity index (χ3v) is 5.45. The highest BCUT2D eigenvalue weighted by molar-refractivity contribution is 5.15. The minimum absolute atomic E-state index is 0.588. The summed E-state index contributed by atoms with van der Waals surface area (Å²) in [5, 5.41) is 0. The molecule has 2 unspecified atom stereocenters. The van der Waals surface area contributed by atoms with Crippen molar-refractivity contribution in [2.75, 3.05) is 19.6 Å². The smallest absolute Gasteiger partial charge is 0.00459 e. The van der Waals surface area contributed by atoms with Gasteiger partial charge in [-0.3, -0.25) is 0 Å². The molecule has 2 aliphatic rings. The SMILES string of the molecule is CCC1(CN2CCCC2)C(C)C1(C)C. The summed E-state index contributed by atoms with van der Waals surface area (Å²) in [5.41, 5.74) is 1.22. The van der Waals surface area contributed by atoms with Gasteiger partial charge in [-0.2, -0.15) is 0 Å². The van der Waals surface area contributed by atoms with Gasteiger partial charge in [0.25, 0.3) is 0 Å². The molecule has 2 atom stereocenters.